The highest BCUT2D eigenvalue weighted by molar-refractivity contribution is 5.95. The summed E-state index contributed by atoms with van der Waals surface area (Å²) in [5, 5.41) is 5.18. The Morgan fingerprint density at radius 3 is 2.39 bits per heavy atom. The number of methoxy groups -OCH3 is 1. The number of rotatable bonds is 7. The van der Waals surface area contributed by atoms with Gasteiger partial charge in [0.2, 0.25) is 0 Å². The lowest BCUT2D eigenvalue weighted by molar-refractivity contribution is -0.697. The highest BCUT2D eigenvalue weighted by Crippen LogP contribution is 2.19. The molecule has 0 fully saturated rings. The molecule has 0 aliphatic heterocycles. The maximum Gasteiger partial charge on any atom is 0.287 e. The summed E-state index contributed by atoms with van der Waals surface area (Å²) in [5.74, 6) is 0.810. The SMILES string of the molecule is COc1ccc(C[NH2+][C@H](C(=O)Nc2cc(C)ccc2C)c2ccccc2)cc1. The monoisotopic (exact) mass is 375 g/mol. The first kappa shape index (κ1) is 19.6. The molecule has 3 aromatic rings. The molecule has 0 aliphatic carbocycles. The van der Waals surface area contributed by atoms with Crippen LogP contribution in [0.3, 0.4) is 0 Å². The average Bonchev–Trinajstić information content (AvgIpc) is 2.72. The zero-order chi connectivity index (χ0) is 19.9. The molecule has 4 heteroatoms. The zero-order valence-electron chi connectivity index (χ0n) is 16.6. The van der Waals surface area contributed by atoms with E-state index in [-0.39, 0.29) is 11.9 Å². The minimum absolute atomic E-state index is 0.0200. The second kappa shape index (κ2) is 9.20. The van der Waals surface area contributed by atoms with E-state index < -0.39 is 0 Å². The van der Waals surface area contributed by atoms with Gasteiger partial charge < -0.3 is 15.4 Å². The van der Waals surface area contributed by atoms with Crippen LogP contribution in [0, 0.1) is 13.8 Å². The normalized spacial score (nSPS) is 11.7. The van der Waals surface area contributed by atoms with Gasteiger partial charge in [0.25, 0.3) is 5.91 Å². The van der Waals surface area contributed by atoms with Crippen molar-refractivity contribution in [1.29, 1.82) is 0 Å². The number of benzene rings is 3. The fraction of sp³-hybridized carbons (Fsp3) is 0.208. The van der Waals surface area contributed by atoms with Gasteiger partial charge in [0.1, 0.15) is 12.3 Å². The van der Waals surface area contributed by atoms with Crippen LogP contribution in [0.4, 0.5) is 5.69 Å². The van der Waals surface area contributed by atoms with Crippen LogP contribution in [0.1, 0.15) is 28.3 Å². The number of quaternary nitrogens is 1. The molecule has 0 aliphatic rings. The number of carbonyl (C=O) groups excluding carboxylic acids is 1. The Morgan fingerprint density at radius 1 is 1.00 bits per heavy atom. The standard InChI is InChI=1S/C24H26N2O2/c1-17-9-10-18(2)22(15-17)26-24(27)23(20-7-5-4-6-8-20)25-16-19-11-13-21(28-3)14-12-19/h4-15,23,25H,16H2,1-3H3,(H,26,27)/p+1/t23-/m0/s1. The second-order valence-electron chi connectivity index (χ2n) is 6.98. The molecule has 144 valence electrons. The molecular weight excluding hydrogens is 348 g/mol. The Balaban J connectivity index is 1.78. The maximum absolute atomic E-state index is 13.1. The van der Waals surface area contributed by atoms with E-state index in [9.17, 15) is 4.79 Å². The van der Waals surface area contributed by atoms with Crippen LogP contribution in [0.5, 0.6) is 5.75 Å². The summed E-state index contributed by atoms with van der Waals surface area (Å²) in [6.07, 6.45) is 0. The second-order valence-corrected chi connectivity index (χ2v) is 6.98. The summed E-state index contributed by atoms with van der Waals surface area (Å²) >= 11 is 0. The number of ether oxygens (including phenoxy) is 1. The fourth-order valence-electron chi connectivity index (χ4n) is 3.15. The average molecular weight is 375 g/mol. The quantitative estimate of drug-likeness (QED) is 0.661. The van der Waals surface area contributed by atoms with Crippen molar-refractivity contribution < 1.29 is 14.8 Å². The summed E-state index contributed by atoms with van der Waals surface area (Å²) < 4.78 is 5.22. The molecular formula is C24H27N2O2+. The van der Waals surface area contributed by atoms with Crippen LogP contribution in [0.25, 0.3) is 0 Å². The van der Waals surface area contributed by atoms with Crippen molar-refractivity contribution in [3.05, 3.63) is 95.1 Å². The molecule has 1 amide bonds. The highest BCUT2D eigenvalue weighted by atomic mass is 16.5. The number of amides is 1. The first-order chi connectivity index (χ1) is 13.6. The van der Waals surface area contributed by atoms with Crippen molar-refractivity contribution in [3.8, 4) is 5.75 Å². The van der Waals surface area contributed by atoms with Crippen molar-refractivity contribution in [3.63, 3.8) is 0 Å². The van der Waals surface area contributed by atoms with Gasteiger partial charge in [-0.15, -0.1) is 0 Å². The maximum atomic E-state index is 13.1. The number of hydrogen-bond donors (Lipinski definition) is 2. The molecule has 3 N–H and O–H groups in total. The van der Waals surface area contributed by atoms with Crippen LogP contribution < -0.4 is 15.4 Å². The number of nitrogens with two attached hydrogens (primary N) is 1. The largest absolute Gasteiger partial charge is 0.497 e. The minimum Gasteiger partial charge on any atom is -0.497 e. The Kier molecular flexibility index (Phi) is 6.45. The fourth-order valence-corrected chi connectivity index (χ4v) is 3.15. The Hall–Kier alpha value is -3.11. The van der Waals surface area contributed by atoms with E-state index >= 15 is 0 Å². The lowest BCUT2D eigenvalue weighted by Gasteiger charge is -2.17. The van der Waals surface area contributed by atoms with Gasteiger partial charge in [-0.25, -0.2) is 0 Å². The van der Waals surface area contributed by atoms with E-state index in [0.717, 1.165) is 33.7 Å². The highest BCUT2D eigenvalue weighted by Gasteiger charge is 2.24. The summed E-state index contributed by atoms with van der Waals surface area (Å²) in [7, 11) is 1.66. The molecule has 0 radical (unpaired) electrons. The van der Waals surface area contributed by atoms with Gasteiger partial charge in [-0.1, -0.05) is 42.5 Å². The number of carbonyl (C=O) groups is 1. The summed E-state index contributed by atoms with van der Waals surface area (Å²) in [5.41, 5.74) is 5.17. The smallest absolute Gasteiger partial charge is 0.287 e. The van der Waals surface area contributed by atoms with Gasteiger partial charge in [-0.2, -0.15) is 0 Å². The van der Waals surface area contributed by atoms with Crippen LogP contribution >= 0.6 is 0 Å². The van der Waals surface area contributed by atoms with Crippen molar-refractivity contribution in [2.24, 2.45) is 0 Å². The molecule has 4 nitrogen and oxygen atoms in total. The van der Waals surface area contributed by atoms with E-state index in [0.29, 0.717) is 6.54 Å². The van der Waals surface area contributed by atoms with E-state index in [2.05, 4.69) is 16.7 Å². The first-order valence-corrected chi connectivity index (χ1v) is 9.46. The first-order valence-electron chi connectivity index (χ1n) is 9.46. The van der Waals surface area contributed by atoms with Crippen molar-refractivity contribution in [1.82, 2.24) is 0 Å². The summed E-state index contributed by atoms with van der Waals surface area (Å²) in [4.78, 5) is 13.1. The lowest BCUT2D eigenvalue weighted by atomic mass is 10.0. The number of anilines is 1. The number of aryl methyl sites for hydroxylation is 2. The van der Waals surface area contributed by atoms with Gasteiger partial charge in [0.15, 0.2) is 6.04 Å². The minimum atomic E-state index is -0.330. The predicted molar refractivity (Wildman–Crippen MR) is 112 cm³/mol. The van der Waals surface area contributed by atoms with E-state index in [1.807, 2.05) is 80.6 Å². The molecule has 0 aromatic heterocycles. The van der Waals surface area contributed by atoms with Crippen molar-refractivity contribution in [2.45, 2.75) is 26.4 Å². The van der Waals surface area contributed by atoms with Crippen LogP contribution in [0.15, 0.2) is 72.8 Å². The molecule has 0 bridgehead atoms. The predicted octanol–water partition coefficient (Wildman–Crippen LogP) is 3.76. The third-order valence-corrected chi connectivity index (χ3v) is 4.84. The van der Waals surface area contributed by atoms with Crippen LogP contribution in [0.2, 0.25) is 0 Å². The summed E-state index contributed by atoms with van der Waals surface area (Å²) in [6, 6.07) is 23.6. The van der Waals surface area contributed by atoms with Crippen LogP contribution in [-0.2, 0) is 11.3 Å². The van der Waals surface area contributed by atoms with Crippen molar-refractivity contribution in [2.75, 3.05) is 12.4 Å². The molecule has 0 heterocycles. The van der Waals surface area contributed by atoms with E-state index in [4.69, 9.17) is 4.74 Å². The summed E-state index contributed by atoms with van der Waals surface area (Å²) in [6.45, 7) is 4.73. The molecule has 0 spiro atoms. The number of nitrogens with one attached hydrogen (secondary N) is 1. The topological polar surface area (TPSA) is 54.9 Å². The van der Waals surface area contributed by atoms with Gasteiger partial charge in [0, 0.05) is 16.8 Å². The Labute approximate surface area is 166 Å². The van der Waals surface area contributed by atoms with Crippen molar-refractivity contribution >= 4 is 11.6 Å². The van der Waals surface area contributed by atoms with E-state index in [1.54, 1.807) is 7.11 Å². The number of hydrogen-bond acceptors (Lipinski definition) is 2. The molecule has 28 heavy (non-hydrogen) atoms. The lowest BCUT2D eigenvalue weighted by Crippen LogP contribution is -2.85. The third kappa shape index (κ3) is 4.99. The molecule has 0 unspecified atom stereocenters. The van der Waals surface area contributed by atoms with Gasteiger partial charge in [-0.3, -0.25) is 4.79 Å². The molecule has 3 aromatic carbocycles. The van der Waals surface area contributed by atoms with Gasteiger partial charge in [0.05, 0.1) is 7.11 Å². The van der Waals surface area contributed by atoms with Gasteiger partial charge in [-0.05, 0) is 55.3 Å². The third-order valence-electron chi connectivity index (χ3n) is 4.84. The van der Waals surface area contributed by atoms with E-state index in [1.165, 1.54) is 0 Å². The van der Waals surface area contributed by atoms with Gasteiger partial charge >= 0.3 is 0 Å². The molecule has 3 rings (SSSR count). The van der Waals surface area contributed by atoms with Crippen LogP contribution in [-0.4, -0.2) is 13.0 Å². The molecule has 1 atom stereocenters. The molecule has 0 saturated carbocycles. The molecule has 0 saturated heterocycles. The Morgan fingerprint density at radius 2 is 1.71 bits per heavy atom. The zero-order valence-corrected chi connectivity index (χ0v) is 16.6. The Bertz CT molecular complexity index is 921.